The number of hydrogen-bond acceptors (Lipinski definition) is 4. The number of nitrogens with zero attached hydrogens (tertiary/aromatic N) is 1. The van der Waals surface area contributed by atoms with Gasteiger partial charge in [0.25, 0.3) is 0 Å². The highest BCUT2D eigenvalue weighted by Crippen LogP contribution is 2.37. The molecular weight excluding hydrogens is 412 g/mol. The molecule has 1 saturated heterocycles. The summed E-state index contributed by atoms with van der Waals surface area (Å²) in [7, 11) is 0. The number of amides is 1. The number of likely N-dealkylation sites (N-methyl/N-ethyl adjacent to an activating group) is 1. The van der Waals surface area contributed by atoms with E-state index in [1.54, 1.807) is 19.1 Å². The van der Waals surface area contributed by atoms with Crippen LogP contribution in [-0.4, -0.2) is 37.6 Å². The maximum atomic E-state index is 13.2. The Balaban J connectivity index is 2.06. The number of carbonyl (C=O) groups excluding carboxylic acids is 2. The van der Waals surface area contributed by atoms with Crippen LogP contribution < -0.4 is 10.2 Å². The van der Waals surface area contributed by atoms with Gasteiger partial charge in [-0.05, 0) is 81.5 Å². The molecule has 1 N–H and O–H groups in total. The summed E-state index contributed by atoms with van der Waals surface area (Å²) in [6.45, 7) is 7.73. The molecule has 0 bridgehead atoms. The Kier molecular flexibility index (Phi) is 7.97. The molecule has 0 aromatic heterocycles. The number of nitrogens with one attached hydrogen (secondary N) is 1. The fourth-order valence-electron chi connectivity index (χ4n) is 4.25. The van der Waals surface area contributed by atoms with Crippen LogP contribution in [0.25, 0.3) is 0 Å². The number of halogens is 1. The standard InChI is InChI=1S/C25H31ClN2O3/c1-4-27-24(29)23(18-9-11-19(12-10-18)25(30)31-5-2)21-16-20(26)13-14-22(21)28-15-7-6-8-17(28)3/h9-14,16-17,23H,4-8,15H2,1-3H3,(H,27,29). The first-order valence-electron chi connectivity index (χ1n) is 11.1. The van der Waals surface area contributed by atoms with Gasteiger partial charge < -0.3 is 15.0 Å². The van der Waals surface area contributed by atoms with E-state index in [1.807, 2.05) is 37.3 Å². The third kappa shape index (κ3) is 5.40. The Hall–Kier alpha value is -2.53. The van der Waals surface area contributed by atoms with Crippen molar-refractivity contribution in [3.63, 3.8) is 0 Å². The van der Waals surface area contributed by atoms with Crippen LogP contribution in [0.5, 0.6) is 0 Å². The summed E-state index contributed by atoms with van der Waals surface area (Å²) in [6, 6.07) is 13.3. The fraction of sp³-hybridized carbons (Fsp3) is 0.440. The molecule has 2 aromatic carbocycles. The van der Waals surface area contributed by atoms with Gasteiger partial charge in [0.15, 0.2) is 0 Å². The lowest BCUT2D eigenvalue weighted by atomic mass is 9.87. The smallest absolute Gasteiger partial charge is 0.338 e. The molecule has 6 heteroatoms. The van der Waals surface area contributed by atoms with Crippen LogP contribution in [0.3, 0.4) is 0 Å². The predicted molar refractivity (Wildman–Crippen MR) is 125 cm³/mol. The molecule has 3 rings (SSSR count). The first-order valence-corrected chi connectivity index (χ1v) is 11.4. The zero-order chi connectivity index (χ0) is 22.4. The summed E-state index contributed by atoms with van der Waals surface area (Å²) in [5.41, 5.74) is 3.21. The second kappa shape index (κ2) is 10.7. The molecule has 0 aliphatic carbocycles. The molecule has 2 aromatic rings. The molecule has 2 atom stereocenters. The van der Waals surface area contributed by atoms with Crippen LogP contribution in [0, 0.1) is 0 Å². The van der Waals surface area contributed by atoms with E-state index in [0.717, 1.165) is 36.2 Å². The highest BCUT2D eigenvalue weighted by Gasteiger charge is 2.29. The molecule has 5 nitrogen and oxygen atoms in total. The quantitative estimate of drug-likeness (QED) is 0.601. The van der Waals surface area contributed by atoms with Gasteiger partial charge in [-0.3, -0.25) is 4.79 Å². The number of carbonyl (C=O) groups is 2. The summed E-state index contributed by atoms with van der Waals surface area (Å²) in [5.74, 6) is -0.979. The van der Waals surface area contributed by atoms with E-state index in [4.69, 9.17) is 16.3 Å². The average molecular weight is 443 g/mol. The van der Waals surface area contributed by atoms with E-state index in [2.05, 4.69) is 17.1 Å². The van der Waals surface area contributed by atoms with Crippen molar-refractivity contribution in [3.05, 3.63) is 64.2 Å². The van der Waals surface area contributed by atoms with Crippen LogP contribution in [0.2, 0.25) is 5.02 Å². The third-order valence-corrected chi connectivity index (χ3v) is 6.02. The van der Waals surface area contributed by atoms with Crippen molar-refractivity contribution in [2.45, 2.75) is 52.0 Å². The Morgan fingerprint density at radius 3 is 2.55 bits per heavy atom. The monoisotopic (exact) mass is 442 g/mol. The van der Waals surface area contributed by atoms with E-state index < -0.39 is 5.92 Å². The summed E-state index contributed by atoms with van der Waals surface area (Å²) in [6.07, 6.45) is 3.48. The summed E-state index contributed by atoms with van der Waals surface area (Å²) in [4.78, 5) is 27.7. The van der Waals surface area contributed by atoms with E-state index >= 15 is 0 Å². The minimum atomic E-state index is -0.529. The molecule has 2 unspecified atom stereocenters. The Morgan fingerprint density at radius 1 is 1.16 bits per heavy atom. The molecule has 31 heavy (non-hydrogen) atoms. The molecule has 1 heterocycles. The van der Waals surface area contributed by atoms with Gasteiger partial charge in [-0.25, -0.2) is 4.79 Å². The SMILES string of the molecule is CCNC(=O)C(c1ccc(C(=O)OCC)cc1)c1cc(Cl)ccc1N1CCCCC1C. The van der Waals surface area contributed by atoms with Crippen molar-refractivity contribution in [2.75, 3.05) is 24.6 Å². The highest BCUT2D eigenvalue weighted by atomic mass is 35.5. The lowest BCUT2D eigenvalue weighted by molar-refractivity contribution is -0.121. The van der Waals surface area contributed by atoms with Gasteiger partial charge in [0.2, 0.25) is 5.91 Å². The summed E-state index contributed by atoms with van der Waals surface area (Å²) in [5, 5.41) is 3.57. The van der Waals surface area contributed by atoms with E-state index in [9.17, 15) is 9.59 Å². The highest BCUT2D eigenvalue weighted by molar-refractivity contribution is 6.30. The maximum Gasteiger partial charge on any atom is 0.338 e. The first kappa shape index (κ1) is 23.1. The largest absolute Gasteiger partial charge is 0.462 e. The lowest BCUT2D eigenvalue weighted by Gasteiger charge is -2.37. The first-order chi connectivity index (χ1) is 15.0. The Morgan fingerprint density at radius 2 is 1.90 bits per heavy atom. The normalized spacial score (nSPS) is 17.2. The summed E-state index contributed by atoms with van der Waals surface area (Å²) < 4.78 is 5.08. The van der Waals surface area contributed by atoms with Gasteiger partial charge >= 0.3 is 5.97 Å². The number of ether oxygens (including phenoxy) is 1. The number of piperidine rings is 1. The minimum absolute atomic E-state index is 0.0837. The van der Waals surface area contributed by atoms with E-state index in [0.29, 0.717) is 29.8 Å². The van der Waals surface area contributed by atoms with Crippen molar-refractivity contribution in [3.8, 4) is 0 Å². The second-order valence-electron chi connectivity index (χ2n) is 7.91. The fourth-order valence-corrected chi connectivity index (χ4v) is 4.43. The van der Waals surface area contributed by atoms with Crippen LogP contribution >= 0.6 is 11.6 Å². The predicted octanol–water partition coefficient (Wildman–Crippen LogP) is 5.16. The maximum absolute atomic E-state index is 13.2. The lowest BCUT2D eigenvalue weighted by Crippen LogP contribution is -2.39. The molecule has 0 saturated carbocycles. The second-order valence-corrected chi connectivity index (χ2v) is 8.35. The molecule has 0 radical (unpaired) electrons. The molecule has 1 amide bonds. The molecular formula is C25H31ClN2O3. The summed E-state index contributed by atoms with van der Waals surface area (Å²) >= 11 is 6.40. The zero-order valence-corrected chi connectivity index (χ0v) is 19.2. The number of anilines is 1. The van der Waals surface area contributed by atoms with Gasteiger partial charge in [-0.2, -0.15) is 0 Å². The van der Waals surface area contributed by atoms with Gasteiger partial charge in [0.05, 0.1) is 18.1 Å². The number of esters is 1. The van der Waals surface area contributed by atoms with E-state index in [1.165, 1.54) is 6.42 Å². The molecule has 1 fully saturated rings. The average Bonchev–Trinajstić information content (AvgIpc) is 2.76. The number of hydrogen-bond donors (Lipinski definition) is 1. The van der Waals surface area contributed by atoms with Gasteiger partial charge in [-0.1, -0.05) is 23.7 Å². The third-order valence-electron chi connectivity index (χ3n) is 5.78. The molecule has 1 aliphatic heterocycles. The Labute approximate surface area is 189 Å². The molecule has 1 aliphatic rings. The van der Waals surface area contributed by atoms with Crippen molar-refractivity contribution < 1.29 is 14.3 Å². The van der Waals surface area contributed by atoms with Crippen molar-refractivity contribution in [1.82, 2.24) is 5.32 Å². The zero-order valence-electron chi connectivity index (χ0n) is 18.5. The van der Waals surface area contributed by atoms with Crippen LogP contribution in [0.15, 0.2) is 42.5 Å². The van der Waals surface area contributed by atoms with Crippen LogP contribution in [-0.2, 0) is 9.53 Å². The topological polar surface area (TPSA) is 58.6 Å². The molecule has 0 spiro atoms. The number of benzene rings is 2. The molecule has 166 valence electrons. The van der Waals surface area contributed by atoms with E-state index in [-0.39, 0.29) is 11.9 Å². The number of rotatable bonds is 7. The van der Waals surface area contributed by atoms with Crippen molar-refractivity contribution >= 4 is 29.2 Å². The van der Waals surface area contributed by atoms with Gasteiger partial charge in [0.1, 0.15) is 0 Å². The van der Waals surface area contributed by atoms with Crippen LogP contribution in [0.1, 0.15) is 67.4 Å². The van der Waals surface area contributed by atoms with Crippen molar-refractivity contribution in [2.24, 2.45) is 0 Å². The Bertz CT molecular complexity index is 913. The minimum Gasteiger partial charge on any atom is -0.462 e. The van der Waals surface area contributed by atoms with Crippen LogP contribution in [0.4, 0.5) is 5.69 Å². The van der Waals surface area contributed by atoms with Gasteiger partial charge in [0, 0.05) is 29.8 Å². The van der Waals surface area contributed by atoms with Gasteiger partial charge in [-0.15, -0.1) is 0 Å². The van der Waals surface area contributed by atoms with Crippen molar-refractivity contribution in [1.29, 1.82) is 0 Å².